The Morgan fingerprint density at radius 2 is 1.79 bits per heavy atom. The molecule has 1 saturated heterocycles. The van der Waals surface area contributed by atoms with Crippen LogP contribution in [0.3, 0.4) is 0 Å². The molecule has 0 aromatic heterocycles. The van der Waals surface area contributed by atoms with E-state index in [0.717, 1.165) is 12.1 Å². The predicted octanol–water partition coefficient (Wildman–Crippen LogP) is 2.66. The molecule has 1 amide bonds. The number of hydrogen-bond acceptors (Lipinski definition) is 4. The van der Waals surface area contributed by atoms with Gasteiger partial charge in [0.05, 0.1) is 0 Å². The molecule has 29 heavy (non-hydrogen) atoms. The van der Waals surface area contributed by atoms with Crippen molar-refractivity contribution in [1.82, 2.24) is 9.80 Å². The van der Waals surface area contributed by atoms with Crippen LogP contribution in [0.2, 0.25) is 0 Å². The van der Waals surface area contributed by atoms with Crippen LogP contribution in [0.1, 0.15) is 22.8 Å². The van der Waals surface area contributed by atoms with Crippen LogP contribution in [0.15, 0.2) is 36.4 Å². The first-order valence-electron chi connectivity index (χ1n) is 8.88. The number of nitrogens with zero attached hydrogens (tertiary/aromatic N) is 2. The number of amides is 1. The molecular weight excluding hydrogens is 407 g/mol. The Labute approximate surface area is 168 Å². The second-order valence-corrected chi connectivity index (χ2v) is 7.49. The van der Waals surface area contributed by atoms with Crippen molar-refractivity contribution in [3.8, 4) is 0 Å². The van der Waals surface area contributed by atoms with Crippen molar-refractivity contribution in [2.24, 2.45) is 0 Å². The van der Waals surface area contributed by atoms with Crippen LogP contribution in [0.5, 0.6) is 0 Å². The molecule has 6 nitrogen and oxygen atoms in total. The van der Waals surface area contributed by atoms with Crippen LogP contribution < -0.4 is 4.72 Å². The molecule has 1 aliphatic heterocycles. The highest BCUT2D eigenvalue weighted by atomic mass is 32.2. The summed E-state index contributed by atoms with van der Waals surface area (Å²) in [5.74, 6) is -3.32. The van der Waals surface area contributed by atoms with E-state index in [4.69, 9.17) is 0 Å². The number of anilines is 1. The van der Waals surface area contributed by atoms with Crippen LogP contribution in [-0.4, -0.2) is 50.1 Å². The van der Waals surface area contributed by atoms with Crippen molar-refractivity contribution in [2.45, 2.75) is 19.5 Å². The Morgan fingerprint density at radius 3 is 2.41 bits per heavy atom. The molecule has 0 saturated carbocycles. The maximum Gasteiger partial charge on any atom is 0.254 e. The lowest BCUT2D eigenvalue weighted by atomic mass is 10.1. The molecule has 0 bridgehead atoms. The normalized spacial score (nSPS) is 18.5. The molecule has 3 rings (SSSR count). The fourth-order valence-corrected chi connectivity index (χ4v) is 3.69. The zero-order chi connectivity index (χ0) is 21.1. The van der Waals surface area contributed by atoms with E-state index in [1.165, 1.54) is 24.3 Å². The van der Waals surface area contributed by atoms with E-state index in [1.54, 1.807) is 9.80 Å². The first kappa shape index (κ1) is 21.3. The van der Waals surface area contributed by atoms with E-state index < -0.39 is 28.7 Å². The van der Waals surface area contributed by atoms with E-state index >= 15 is 0 Å². The maximum atomic E-state index is 13.9. The van der Waals surface area contributed by atoms with Crippen molar-refractivity contribution < 1.29 is 26.7 Å². The predicted molar refractivity (Wildman–Crippen MR) is 101 cm³/mol. The molecule has 0 spiro atoms. The summed E-state index contributed by atoms with van der Waals surface area (Å²) < 4.78 is 64.7. The van der Waals surface area contributed by atoms with E-state index in [0.29, 0.717) is 30.9 Å². The lowest BCUT2D eigenvalue weighted by molar-refractivity contribution is 0.0470. The largest absolute Gasteiger partial charge is 0.755 e. The number of piperazine rings is 1. The minimum Gasteiger partial charge on any atom is -0.755 e. The van der Waals surface area contributed by atoms with Gasteiger partial charge in [-0.25, -0.2) is 13.2 Å². The van der Waals surface area contributed by atoms with Crippen molar-refractivity contribution in [3.63, 3.8) is 0 Å². The number of hydrogen-bond donors (Lipinski definition) is 1. The van der Waals surface area contributed by atoms with Gasteiger partial charge in [-0.1, -0.05) is 0 Å². The van der Waals surface area contributed by atoms with Crippen molar-refractivity contribution in [3.05, 3.63) is 65.0 Å². The second kappa shape index (κ2) is 8.93. The first-order valence-corrected chi connectivity index (χ1v) is 9.95. The van der Waals surface area contributed by atoms with Gasteiger partial charge in [0, 0.05) is 60.3 Å². The molecule has 0 radical (unpaired) electrons. The van der Waals surface area contributed by atoms with Gasteiger partial charge >= 0.3 is 0 Å². The number of nitrogens with one attached hydrogen (secondary N) is 1. The summed E-state index contributed by atoms with van der Waals surface area (Å²) >= 11 is -2.45. The highest BCUT2D eigenvalue weighted by Gasteiger charge is 2.29. The average molecular weight is 426 g/mol. The zero-order valence-electron chi connectivity index (χ0n) is 15.5. The highest BCUT2D eigenvalue weighted by molar-refractivity contribution is 7.80. The number of carbonyl (C=O) groups excluding carboxylic acids is 1. The monoisotopic (exact) mass is 426 g/mol. The minimum atomic E-state index is -2.45. The average Bonchev–Trinajstić information content (AvgIpc) is 2.68. The SMILES string of the molecule is C[C@@H]1CN(Cc2c(F)ccc(F)c2F)CCN1C(=O)c1ccc(NS(=O)[O-])cc1. The van der Waals surface area contributed by atoms with Gasteiger partial charge < -0.3 is 14.2 Å². The molecule has 1 heterocycles. The van der Waals surface area contributed by atoms with Gasteiger partial charge in [0.2, 0.25) is 0 Å². The summed E-state index contributed by atoms with van der Waals surface area (Å²) in [6.07, 6.45) is 0. The van der Waals surface area contributed by atoms with Crippen molar-refractivity contribution >= 4 is 22.9 Å². The summed E-state index contributed by atoms with van der Waals surface area (Å²) in [6.45, 7) is 2.81. The van der Waals surface area contributed by atoms with Gasteiger partial charge in [0.15, 0.2) is 11.6 Å². The highest BCUT2D eigenvalue weighted by Crippen LogP contribution is 2.21. The molecule has 2 aromatic carbocycles. The first-order chi connectivity index (χ1) is 13.8. The van der Waals surface area contributed by atoms with Crippen molar-refractivity contribution in [1.29, 1.82) is 0 Å². The fraction of sp³-hybridized carbons (Fsp3) is 0.316. The van der Waals surface area contributed by atoms with Crippen LogP contribution in [0, 0.1) is 17.5 Å². The van der Waals surface area contributed by atoms with Crippen molar-refractivity contribution in [2.75, 3.05) is 24.4 Å². The fourth-order valence-electron chi connectivity index (χ4n) is 3.36. The third-order valence-electron chi connectivity index (χ3n) is 4.83. The van der Waals surface area contributed by atoms with Crippen LogP contribution in [-0.2, 0) is 17.8 Å². The Bertz CT molecular complexity index is 927. The number of carbonyl (C=O) groups is 1. The number of rotatable bonds is 5. The molecule has 1 N–H and O–H groups in total. The summed E-state index contributed by atoms with van der Waals surface area (Å²) in [6, 6.07) is 7.44. The smallest absolute Gasteiger partial charge is 0.254 e. The number of halogens is 3. The van der Waals surface area contributed by atoms with Gasteiger partial charge in [-0.15, -0.1) is 0 Å². The van der Waals surface area contributed by atoms with E-state index in [9.17, 15) is 26.7 Å². The third-order valence-corrected chi connectivity index (χ3v) is 5.23. The van der Waals surface area contributed by atoms with E-state index in [2.05, 4.69) is 4.72 Å². The Hall–Kier alpha value is -2.43. The lowest BCUT2D eigenvalue weighted by Crippen LogP contribution is -2.53. The van der Waals surface area contributed by atoms with E-state index in [-0.39, 0.29) is 24.1 Å². The quantitative estimate of drug-likeness (QED) is 0.589. The molecule has 156 valence electrons. The molecule has 2 aromatic rings. The molecule has 10 heteroatoms. The van der Waals surface area contributed by atoms with Gasteiger partial charge in [0.1, 0.15) is 5.82 Å². The summed E-state index contributed by atoms with van der Waals surface area (Å²) in [5.41, 5.74) is 0.414. The molecular formula is C19H19F3N3O3S-. The molecule has 2 atom stereocenters. The molecule has 1 unspecified atom stereocenters. The van der Waals surface area contributed by atoms with Gasteiger partial charge in [-0.3, -0.25) is 13.9 Å². The minimum absolute atomic E-state index is 0.0888. The second-order valence-electron chi connectivity index (χ2n) is 6.82. The van der Waals surface area contributed by atoms with Gasteiger partial charge in [0.25, 0.3) is 5.91 Å². The van der Waals surface area contributed by atoms with Crippen LogP contribution in [0.4, 0.5) is 18.9 Å². The molecule has 1 aliphatic rings. The third kappa shape index (κ3) is 4.95. The molecule has 1 fully saturated rings. The molecule has 0 aliphatic carbocycles. The summed E-state index contributed by atoms with van der Waals surface area (Å²) in [4.78, 5) is 16.2. The Balaban J connectivity index is 1.65. The van der Waals surface area contributed by atoms with Gasteiger partial charge in [-0.2, -0.15) is 0 Å². The van der Waals surface area contributed by atoms with Crippen LogP contribution in [0.25, 0.3) is 0 Å². The summed E-state index contributed by atoms with van der Waals surface area (Å²) in [5, 5.41) is 0. The van der Waals surface area contributed by atoms with Gasteiger partial charge in [-0.05, 0) is 43.3 Å². The Kier molecular flexibility index (Phi) is 6.56. The van der Waals surface area contributed by atoms with E-state index in [1.807, 2.05) is 6.92 Å². The zero-order valence-corrected chi connectivity index (χ0v) is 16.3. The lowest BCUT2D eigenvalue weighted by Gasteiger charge is -2.40. The standard InChI is InChI=1S/C19H20F3N3O3S/c1-12-10-24(11-15-16(20)6-7-17(21)18(15)22)8-9-25(12)19(26)13-2-4-14(5-3-13)23-29(27)28/h2-7,12,23H,8-11H2,1H3,(H,27,28)/p-1/t12-/m1/s1. The summed E-state index contributed by atoms with van der Waals surface area (Å²) in [7, 11) is 0. The topological polar surface area (TPSA) is 75.7 Å². The maximum absolute atomic E-state index is 13.9. The van der Waals surface area contributed by atoms with Crippen LogP contribution >= 0.6 is 0 Å². The number of benzene rings is 2. The Morgan fingerprint density at radius 1 is 1.14 bits per heavy atom.